The minimum Gasteiger partial charge on any atom is -0.311 e. The maximum Gasteiger partial charge on any atom is 0.107 e. The molecule has 0 spiro atoms. The third kappa shape index (κ3) is 4.73. The van der Waals surface area contributed by atoms with E-state index in [-0.39, 0.29) is 5.54 Å². The highest BCUT2D eigenvalue weighted by Gasteiger charge is 2.14. The maximum absolute atomic E-state index is 4.32. The van der Waals surface area contributed by atoms with E-state index in [1.54, 1.807) is 11.3 Å². The lowest BCUT2D eigenvalue weighted by Gasteiger charge is -2.25. The van der Waals surface area contributed by atoms with Crippen molar-refractivity contribution in [3.05, 3.63) is 16.1 Å². The van der Waals surface area contributed by atoms with E-state index in [4.69, 9.17) is 0 Å². The van der Waals surface area contributed by atoms with Crippen LogP contribution >= 0.6 is 11.3 Å². The summed E-state index contributed by atoms with van der Waals surface area (Å²) in [5.74, 6) is 0. The van der Waals surface area contributed by atoms with Crippen LogP contribution in [0.4, 0.5) is 0 Å². The summed E-state index contributed by atoms with van der Waals surface area (Å²) in [6, 6.07) is 0. The normalized spacial score (nSPS) is 12.0. The summed E-state index contributed by atoms with van der Waals surface area (Å²) in [7, 11) is 0. The van der Waals surface area contributed by atoms with Crippen LogP contribution in [-0.2, 0) is 6.54 Å². The van der Waals surface area contributed by atoms with E-state index in [2.05, 4.69) is 43.3 Å². The molecular weight excluding hydrogens is 206 g/mol. The van der Waals surface area contributed by atoms with Crippen molar-refractivity contribution in [2.45, 2.75) is 39.8 Å². The first-order chi connectivity index (χ1) is 7.03. The summed E-state index contributed by atoms with van der Waals surface area (Å²) < 4.78 is 0. The Morgan fingerprint density at radius 1 is 1.47 bits per heavy atom. The van der Waals surface area contributed by atoms with Crippen LogP contribution in [0.2, 0.25) is 0 Å². The molecule has 2 N–H and O–H groups in total. The molecule has 0 amide bonds. The van der Waals surface area contributed by atoms with Crippen LogP contribution in [0.25, 0.3) is 0 Å². The summed E-state index contributed by atoms with van der Waals surface area (Å²) in [6.45, 7) is 11.5. The third-order valence-electron chi connectivity index (χ3n) is 2.17. The molecule has 0 unspecified atom stereocenters. The molecule has 4 heteroatoms. The molecule has 1 heterocycles. The van der Waals surface area contributed by atoms with Crippen LogP contribution in [0, 0.1) is 6.92 Å². The van der Waals surface area contributed by atoms with Gasteiger partial charge in [-0.3, -0.25) is 0 Å². The lowest BCUT2D eigenvalue weighted by atomic mass is 10.1. The second-order valence-corrected chi connectivity index (χ2v) is 5.70. The van der Waals surface area contributed by atoms with Gasteiger partial charge >= 0.3 is 0 Å². The number of aromatic nitrogens is 1. The SMILES string of the molecule is CCNC(C)(C)CNCc1ncc(C)s1. The molecule has 0 radical (unpaired) electrons. The minimum absolute atomic E-state index is 0.154. The number of likely N-dealkylation sites (N-methyl/N-ethyl adjacent to an activating group) is 1. The zero-order valence-electron chi connectivity index (χ0n) is 10.1. The highest BCUT2D eigenvalue weighted by Crippen LogP contribution is 2.10. The Morgan fingerprint density at radius 3 is 2.73 bits per heavy atom. The van der Waals surface area contributed by atoms with E-state index in [1.807, 2.05) is 6.20 Å². The Balaban J connectivity index is 2.27. The molecule has 1 aromatic rings. The highest BCUT2D eigenvalue weighted by molar-refractivity contribution is 7.11. The van der Waals surface area contributed by atoms with Crippen LogP contribution in [0.1, 0.15) is 30.7 Å². The molecule has 3 nitrogen and oxygen atoms in total. The average molecular weight is 227 g/mol. The predicted molar refractivity (Wildman–Crippen MR) is 66.3 cm³/mol. The van der Waals surface area contributed by atoms with E-state index in [1.165, 1.54) is 9.88 Å². The number of hydrogen-bond donors (Lipinski definition) is 2. The zero-order chi connectivity index (χ0) is 11.3. The van der Waals surface area contributed by atoms with E-state index >= 15 is 0 Å². The molecule has 0 aliphatic heterocycles. The van der Waals surface area contributed by atoms with Gasteiger partial charge in [-0.15, -0.1) is 11.3 Å². The molecule has 86 valence electrons. The van der Waals surface area contributed by atoms with Crippen molar-refractivity contribution in [3.8, 4) is 0 Å². The summed E-state index contributed by atoms with van der Waals surface area (Å²) in [5.41, 5.74) is 0.154. The first-order valence-electron chi connectivity index (χ1n) is 5.40. The molecule has 0 atom stereocenters. The Hall–Kier alpha value is -0.450. The highest BCUT2D eigenvalue weighted by atomic mass is 32.1. The van der Waals surface area contributed by atoms with Crippen molar-refractivity contribution >= 4 is 11.3 Å². The van der Waals surface area contributed by atoms with Crippen molar-refractivity contribution in [3.63, 3.8) is 0 Å². The predicted octanol–water partition coefficient (Wildman–Crippen LogP) is 1.93. The third-order valence-corrected chi connectivity index (χ3v) is 3.08. The smallest absolute Gasteiger partial charge is 0.107 e. The van der Waals surface area contributed by atoms with Crippen LogP contribution in [-0.4, -0.2) is 23.6 Å². The Bertz CT molecular complexity index is 294. The second kappa shape index (κ2) is 5.58. The fourth-order valence-corrected chi connectivity index (χ4v) is 2.26. The van der Waals surface area contributed by atoms with E-state index in [0.717, 1.165) is 19.6 Å². The molecule has 15 heavy (non-hydrogen) atoms. The molecule has 0 aromatic carbocycles. The van der Waals surface area contributed by atoms with Gasteiger partial charge in [-0.2, -0.15) is 0 Å². The molecule has 0 aliphatic rings. The van der Waals surface area contributed by atoms with E-state index in [9.17, 15) is 0 Å². The summed E-state index contributed by atoms with van der Waals surface area (Å²) in [4.78, 5) is 5.59. The summed E-state index contributed by atoms with van der Waals surface area (Å²) in [5, 5.41) is 8.03. The van der Waals surface area contributed by atoms with Gasteiger partial charge in [0.05, 0.1) is 0 Å². The van der Waals surface area contributed by atoms with Gasteiger partial charge in [-0.1, -0.05) is 6.92 Å². The van der Waals surface area contributed by atoms with Gasteiger partial charge in [0, 0.05) is 29.7 Å². The van der Waals surface area contributed by atoms with Crippen molar-refractivity contribution in [2.24, 2.45) is 0 Å². The Morgan fingerprint density at radius 2 is 2.20 bits per heavy atom. The van der Waals surface area contributed by atoms with Crippen molar-refractivity contribution in [1.29, 1.82) is 0 Å². The van der Waals surface area contributed by atoms with E-state index < -0.39 is 0 Å². The molecule has 0 fully saturated rings. The fraction of sp³-hybridized carbons (Fsp3) is 0.727. The lowest BCUT2D eigenvalue weighted by molar-refractivity contribution is 0.373. The number of nitrogens with zero attached hydrogens (tertiary/aromatic N) is 1. The topological polar surface area (TPSA) is 37.0 Å². The second-order valence-electron chi connectivity index (χ2n) is 4.38. The number of rotatable bonds is 6. The number of thiazole rings is 1. The molecule has 1 rings (SSSR count). The van der Waals surface area contributed by atoms with Gasteiger partial charge in [0.1, 0.15) is 5.01 Å². The van der Waals surface area contributed by atoms with Crippen molar-refractivity contribution in [2.75, 3.05) is 13.1 Å². The van der Waals surface area contributed by atoms with Crippen molar-refractivity contribution < 1.29 is 0 Å². The molecular formula is C11H21N3S. The van der Waals surface area contributed by atoms with Gasteiger partial charge in [0.25, 0.3) is 0 Å². The fourth-order valence-electron chi connectivity index (χ4n) is 1.51. The van der Waals surface area contributed by atoms with Crippen LogP contribution in [0.5, 0.6) is 0 Å². The molecule has 0 aliphatic carbocycles. The monoisotopic (exact) mass is 227 g/mol. The molecule has 0 saturated heterocycles. The average Bonchev–Trinajstić information content (AvgIpc) is 2.51. The zero-order valence-corrected chi connectivity index (χ0v) is 10.9. The van der Waals surface area contributed by atoms with Gasteiger partial charge < -0.3 is 10.6 Å². The lowest BCUT2D eigenvalue weighted by Crippen LogP contribution is -2.47. The Kier molecular flexibility index (Phi) is 4.70. The standard InChI is InChI=1S/C11H21N3S/c1-5-14-11(3,4)8-12-7-10-13-6-9(2)15-10/h6,12,14H,5,7-8H2,1-4H3. The number of aryl methyl sites for hydroxylation is 1. The van der Waals surface area contributed by atoms with Gasteiger partial charge in [0.2, 0.25) is 0 Å². The summed E-state index contributed by atoms with van der Waals surface area (Å²) >= 11 is 1.76. The maximum atomic E-state index is 4.32. The van der Waals surface area contributed by atoms with Crippen LogP contribution in [0.15, 0.2) is 6.20 Å². The Labute approximate surface area is 96.3 Å². The number of hydrogen-bond acceptors (Lipinski definition) is 4. The number of nitrogens with one attached hydrogen (secondary N) is 2. The van der Waals surface area contributed by atoms with Crippen LogP contribution in [0.3, 0.4) is 0 Å². The first kappa shape index (κ1) is 12.6. The molecule has 0 bridgehead atoms. The van der Waals surface area contributed by atoms with E-state index in [0.29, 0.717) is 0 Å². The minimum atomic E-state index is 0.154. The van der Waals surface area contributed by atoms with Gasteiger partial charge in [-0.25, -0.2) is 4.98 Å². The molecule has 1 aromatic heterocycles. The summed E-state index contributed by atoms with van der Waals surface area (Å²) in [6.07, 6.45) is 1.93. The first-order valence-corrected chi connectivity index (χ1v) is 6.22. The van der Waals surface area contributed by atoms with Crippen LogP contribution < -0.4 is 10.6 Å². The quantitative estimate of drug-likeness (QED) is 0.780. The van der Waals surface area contributed by atoms with Crippen molar-refractivity contribution in [1.82, 2.24) is 15.6 Å². The van der Waals surface area contributed by atoms with Gasteiger partial charge in [-0.05, 0) is 27.3 Å². The van der Waals surface area contributed by atoms with Gasteiger partial charge in [0.15, 0.2) is 0 Å². The largest absolute Gasteiger partial charge is 0.311 e. The molecule has 0 saturated carbocycles.